The quantitative estimate of drug-likeness (QED) is 0.580. The number of ether oxygens (including phenoxy) is 1. The van der Waals surface area contributed by atoms with Gasteiger partial charge in [0.25, 0.3) is 0 Å². The van der Waals surface area contributed by atoms with Gasteiger partial charge in [0.15, 0.2) is 0 Å². The average molecular weight is 296 g/mol. The predicted molar refractivity (Wildman–Crippen MR) is 61.6 cm³/mol. The van der Waals surface area contributed by atoms with E-state index in [9.17, 15) is 0 Å². The van der Waals surface area contributed by atoms with Crippen molar-refractivity contribution < 1.29 is 36.1 Å². The number of hydrogen-bond acceptors (Lipinski definition) is 1. The largest absolute Gasteiger partial charge is 0 e. The average Bonchev–Trinajstić information content (AvgIpc) is 2.82. The third kappa shape index (κ3) is 6.41. The summed E-state index contributed by atoms with van der Waals surface area (Å²) in [5, 5.41) is 0. The Morgan fingerprint density at radius 2 is 1.58 bits per heavy atom. The number of fused-ring (bicyclic) bond motifs is 1. The van der Waals surface area contributed by atoms with Crippen LogP contribution in [0.4, 0.5) is 0 Å². The van der Waals surface area contributed by atoms with Gasteiger partial charge < -0.3 is 4.74 Å². The van der Waals surface area contributed by atoms with Gasteiger partial charge >= 0.3 is 33.9 Å². The Morgan fingerprint density at radius 3 is 2.05 bits per heavy atom. The molecule has 0 saturated heterocycles. The number of rotatable bonds is 1. The van der Waals surface area contributed by atoms with Crippen LogP contribution in [-0.2, 0) is 36.1 Å². The molecular weight excluding hydrogens is 284 g/mol. The molecule has 0 amide bonds. The van der Waals surface area contributed by atoms with Crippen LogP contribution in [0, 0.1) is 20.0 Å². The smallest absolute Gasteiger partial charge is 0 e. The van der Waals surface area contributed by atoms with E-state index in [1.807, 2.05) is 12.1 Å². The molecule has 0 N–H and O–H groups in total. The maximum atomic E-state index is 7.50. The minimum absolute atomic E-state index is 0. The minimum atomic E-state index is 0. The summed E-state index contributed by atoms with van der Waals surface area (Å²) in [5.41, 5.74) is 3.74. The summed E-state index contributed by atoms with van der Waals surface area (Å²) in [7, 11) is 1.75. The first-order valence-electron chi connectivity index (χ1n) is 4.74. The van der Waals surface area contributed by atoms with E-state index in [4.69, 9.17) is 18.7 Å². The van der Waals surface area contributed by atoms with Crippen molar-refractivity contribution in [3.8, 4) is 0 Å². The van der Waals surface area contributed by atoms with Crippen molar-refractivity contribution in [2.24, 2.45) is 0 Å². The Balaban J connectivity index is -0.000000325. The van der Waals surface area contributed by atoms with E-state index in [0.29, 0.717) is 0 Å². The van der Waals surface area contributed by atoms with Crippen LogP contribution in [0.3, 0.4) is 0 Å². The summed E-state index contributed by atoms with van der Waals surface area (Å²) in [6, 6.07) is 8.31. The SMILES string of the molecule is C=C1C[C@H](OC)c2ccccc21.[C-]#[O+].[C-]#[O+].[C-]#[O+].[Cr]. The molecule has 0 fully saturated rings. The molecule has 0 radical (unpaired) electrons. The monoisotopic (exact) mass is 296 g/mol. The topological polar surface area (TPSA) is 68.9 Å². The first kappa shape index (κ1) is 22.8. The van der Waals surface area contributed by atoms with Crippen molar-refractivity contribution in [3.05, 3.63) is 61.9 Å². The van der Waals surface area contributed by atoms with Crippen molar-refractivity contribution in [2.75, 3.05) is 7.11 Å². The number of methoxy groups -OCH3 is 1. The van der Waals surface area contributed by atoms with E-state index in [1.165, 1.54) is 16.7 Å². The maximum Gasteiger partial charge on any atom is 0 e. The van der Waals surface area contributed by atoms with Crippen LogP contribution in [0.25, 0.3) is 5.57 Å². The molecule has 1 aliphatic carbocycles. The summed E-state index contributed by atoms with van der Waals surface area (Å²) < 4.78 is 27.8. The molecule has 0 aromatic heterocycles. The Morgan fingerprint density at radius 1 is 1.11 bits per heavy atom. The van der Waals surface area contributed by atoms with Crippen LogP contribution in [0.5, 0.6) is 0 Å². The van der Waals surface area contributed by atoms with Gasteiger partial charge in [-0.3, -0.25) is 0 Å². The van der Waals surface area contributed by atoms with Gasteiger partial charge in [0.2, 0.25) is 0 Å². The van der Waals surface area contributed by atoms with E-state index < -0.39 is 0 Å². The zero-order valence-corrected chi connectivity index (χ0v) is 11.6. The molecule has 0 saturated carbocycles. The van der Waals surface area contributed by atoms with Crippen LogP contribution in [0.2, 0.25) is 0 Å². The van der Waals surface area contributed by atoms with Gasteiger partial charge in [0.1, 0.15) is 0 Å². The molecule has 19 heavy (non-hydrogen) atoms. The molecule has 2 rings (SSSR count). The van der Waals surface area contributed by atoms with Crippen molar-refractivity contribution in [2.45, 2.75) is 12.5 Å². The number of hydrogen-bond donors (Lipinski definition) is 0. The Hall–Kier alpha value is -1.33. The van der Waals surface area contributed by atoms with Gasteiger partial charge in [0.05, 0.1) is 6.10 Å². The standard InChI is InChI=1S/C11H12O.3CO.Cr/c1-8-7-11(12-2)10-6-4-3-5-9(8)10;3*1-2;/h3-6,11H,1,7H2,2H3;;;;/t11-;;;;/m0..../s1. The van der Waals surface area contributed by atoms with Crippen molar-refractivity contribution >= 4 is 5.57 Å². The predicted octanol–water partition coefficient (Wildman–Crippen LogP) is 2.68. The Labute approximate surface area is 123 Å². The molecule has 0 bridgehead atoms. The molecule has 0 spiro atoms. The summed E-state index contributed by atoms with van der Waals surface area (Å²) in [6.07, 6.45) is 1.17. The van der Waals surface area contributed by atoms with Gasteiger partial charge in [-0.05, 0) is 16.7 Å². The van der Waals surface area contributed by atoms with E-state index >= 15 is 0 Å². The summed E-state index contributed by atoms with van der Waals surface area (Å²) in [5.74, 6) is 0. The molecule has 0 heterocycles. The van der Waals surface area contributed by atoms with Crippen LogP contribution in [0.15, 0.2) is 30.8 Å². The fourth-order valence-corrected chi connectivity index (χ4v) is 1.75. The maximum absolute atomic E-state index is 7.50. The third-order valence-electron chi connectivity index (χ3n) is 2.40. The molecule has 1 aliphatic rings. The van der Waals surface area contributed by atoms with Gasteiger partial charge in [-0.15, -0.1) is 0 Å². The summed E-state index contributed by atoms with van der Waals surface area (Å²) in [6.45, 7) is 17.5. The van der Waals surface area contributed by atoms with Crippen molar-refractivity contribution in [3.63, 3.8) is 0 Å². The second-order valence-electron chi connectivity index (χ2n) is 3.12. The fourth-order valence-electron chi connectivity index (χ4n) is 1.75. The zero-order chi connectivity index (χ0) is 14.6. The summed E-state index contributed by atoms with van der Waals surface area (Å²) in [4.78, 5) is 0. The molecule has 1 aromatic carbocycles. The fraction of sp³-hybridized carbons (Fsp3) is 0.214. The van der Waals surface area contributed by atoms with Gasteiger partial charge in [-0.1, -0.05) is 30.8 Å². The first-order chi connectivity index (χ1) is 8.83. The van der Waals surface area contributed by atoms with Crippen LogP contribution < -0.4 is 0 Å². The first-order valence-corrected chi connectivity index (χ1v) is 4.74. The van der Waals surface area contributed by atoms with Crippen LogP contribution in [0.1, 0.15) is 23.7 Å². The second-order valence-corrected chi connectivity index (χ2v) is 3.12. The second kappa shape index (κ2) is 14.7. The Kier molecular flexibility index (Phi) is 17.7. The zero-order valence-electron chi connectivity index (χ0n) is 10.3. The van der Waals surface area contributed by atoms with E-state index in [2.05, 4.69) is 38.7 Å². The van der Waals surface area contributed by atoms with E-state index in [-0.39, 0.29) is 23.5 Å². The molecule has 1 atom stereocenters. The third-order valence-corrected chi connectivity index (χ3v) is 2.40. The minimum Gasteiger partial charge on any atom is 0 e. The molecule has 98 valence electrons. The van der Waals surface area contributed by atoms with E-state index in [0.717, 1.165) is 6.42 Å². The van der Waals surface area contributed by atoms with Gasteiger partial charge in [-0.2, -0.15) is 0 Å². The molecule has 0 aliphatic heterocycles. The van der Waals surface area contributed by atoms with E-state index in [1.54, 1.807) is 7.11 Å². The van der Waals surface area contributed by atoms with Crippen LogP contribution in [-0.4, -0.2) is 7.11 Å². The molecule has 0 unspecified atom stereocenters. The molecule has 5 heteroatoms. The molecule has 1 aromatic rings. The van der Waals surface area contributed by atoms with Gasteiger partial charge in [0, 0.05) is 30.9 Å². The summed E-state index contributed by atoms with van der Waals surface area (Å²) >= 11 is 0. The van der Waals surface area contributed by atoms with Gasteiger partial charge in [-0.25, -0.2) is 0 Å². The number of benzene rings is 1. The normalized spacial score (nSPS) is 13.6. The van der Waals surface area contributed by atoms with Crippen molar-refractivity contribution in [1.29, 1.82) is 0 Å². The van der Waals surface area contributed by atoms with Crippen molar-refractivity contribution in [1.82, 2.24) is 0 Å². The molecule has 4 nitrogen and oxygen atoms in total. The van der Waals surface area contributed by atoms with Crippen LogP contribution >= 0.6 is 0 Å². The molecular formula is C14H12CrO4. The Bertz CT molecular complexity index is 420.